The Labute approximate surface area is 119 Å². The van der Waals surface area contributed by atoms with Crippen molar-refractivity contribution in [2.75, 3.05) is 20.3 Å². The molecule has 0 atom stereocenters. The molecule has 110 valence electrons. The Hall–Kier alpha value is -2.04. The third kappa shape index (κ3) is 4.91. The minimum Gasteiger partial charge on any atom is -0.496 e. The maximum atomic E-state index is 11.8. The largest absolute Gasteiger partial charge is 0.496 e. The van der Waals surface area contributed by atoms with Gasteiger partial charge in [0.15, 0.2) is 6.61 Å². The summed E-state index contributed by atoms with van der Waals surface area (Å²) in [5.74, 6) is 0.133. The predicted molar refractivity (Wildman–Crippen MR) is 75.9 cm³/mol. The molecule has 5 nitrogen and oxygen atoms in total. The van der Waals surface area contributed by atoms with Gasteiger partial charge in [0, 0.05) is 6.54 Å². The average molecular weight is 279 g/mol. The first kappa shape index (κ1) is 16.0. The van der Waals surface area contributed by atoms with Crippen molar-refractivity contribution in [3.63, 3.8) is 0 Å². The zero-order valence-corrected chi connectivity index (χ0v) is 12.4. The molecule has 0 fully saturated rings. The Balaban J connectivity index is 2.52. The second-order valence-corrected chi connectivity index (χ2v) is 4.96. The third-order valence-electron chi connectivity index (χ3n) is 2.69. The maximum Gasteiger partial charge on any atom is 0.338 e. The number of hydrogen-bond acceptors (Lipinski definition) is 4. The summed E-state index contributed by atoms with van der Waals surface area (Å²) >= 11 is 0. The number of carbonyl (C=O) groups is 2. The Morgan fingerprint density at radius 3 is 2.60 bits per heavy atom. The fourth-order valence-electron chi connectivity index (χ4n) is 1.53. The van der Waals surface area contributed by atoms with E-state index in [0.29, 0.717) is 23.8 Å². The van der Waals surface area contributed by atoms with Crippen LogP contribution >= 0.6 is 0 Å². The van der Waals surface area contributed by atoms with E-state index in [1.807, 2.05) is 20.8 Å². The normalized spacial score (nSPS) is 10.2. The van der Waals surface area contributed by atoms with Crippen LogP contribution < -0.4 is 10.1 Å². The van der Waals surface area contributed by atoms with Crippen LogP contribution in [0.2, 0.25) is 0 Å². The SMILES string of the molecule is COc1cc(C(=O)OCC(=O)NCC(C)C)ccc1C. The first-order valence-electron chi connectivity index (χ1n) is 6.52. The second kappa shape index (κ2) is 7.53. The van der Waals surface area contributed by atoms with Gasteiger partial charge in [0.25, 0.3) is 5.91 Å². The highest BCUT2D eigenvalue weighted by Crippen LogP contribution is 2.19. The van der Waals surface area contributed by atoms with E-state index in [2.05, 4.69) is 5.32 Å². The molecule has 20 heavy (non-hydrogen) atoms. The smallest absolute Gasteiger partial charge is 0.338 e. The van der Waals surface area contributed by atoms with Crippen LogP contribution in [-0.4, -0.2) is 32.1 Å². The molecule has 0 aromatic heterocycles. The second-order valence-electron chi connectivity index (χ2n) is 4.96. The molecule has 1 aromatic carbocycles. The molecule has 0 saturated heterocycles. The van der Waals surface area contributed by atoms with Crippen molar-refractivity contribution in [2.45, 2.75) is 20.8 Å². The van der Waals surface area contributed by atoms with Crippen LogP contribution in [0, 0.1) is 12.8 Å². The van der Waals surface area contributed by atoms with Crippen molar-refractivity contribution in [1.29, 1.82) is 0 Å². The monoisotopic (exact) mass is 279 g/mol. The summed E-state index contributed by atoms with van der Waals surface area (Å²) in [5, 5.41) is 2.68. The Bertz CT molecular complexity index is 483. The van der Waals surface area contributed by atoms with Gasteiger partial charge in [-0.1, -0.05) is 19.9 Å². The van der Waals surface area contributed by atoms with Crippen molar-refractivity contribution < 1.29 is 19.1 Å². The number of rotatable bonds is 6. The lowest BCUT2D eigenvalue weighted by atomic mass is 10.1. The fraction of sp³-hybridized carbons (Fsp3) is 0.467. The molecular weight excluding hydrogens is 258 g/mol. The topological polar surface area (TPSA) is 64.6 Å². The van der Waals surface area contributed by atoms with Crippen LogP contribution in [0.4, 0.5) is 0 Å². The highest BCUT2D eigenvalue weighted by molar-refractivity contribution is 5.91. The minimum atomic E-state index is -0.539. The molecule has 1 aromatic rings. The molecule has 0 spiro atoms. The molecular formula is C15H21NO4. The van der Waals surface area contributed by atoms with Crippen LogP contribution in [0.3, 0.4) is 0 Å². The van der Waals surface area contributed by atoms with E-state index < -0.39 is 5.97 Å². The Kier molecular flexibility index (Phi) is 6.03. The molecule has 1 N–H and O–H groups in total. The lowest BCUT2D eigenvalue weighted by Crippen LogP contribution is -2.31. The van der Waals surface area contributed by atoms with Gasteiger partial charge in [-0.15, -0.1) is 0 Å². The summed E-state index contributed by atoms with van der Waals surface area (Å²) in [5.41, 5.74) is 1.29. The Morgan fingerprint density at radius 1 is 1.30 bits per heavy atom. The zero-order valence-electron chi connectivity index (χ0n) is 12.4. The number of hydrogen-bond donors (Lipinski definition) is 1. The van der Waals surface area contributed by atoms with Crippen LogP contribution in [0.1, 0.15) is 29.8 Å². The molecule has 0 heterocycles. The number of amides is 1. The molecule has 0 aliphatic carbocycles. The van der Waals surface area contributed by atoms with E-state index in [0.717, 1.165) is 5.56 Å². The molecule has 0 unspecified atom stereocenters. The average Bonchev–Trinajstić information content (AvgIpc) is 2.42. The fourth-order valence-corrected chi connectivity index (χ4v) is 1.53. The van der Waals surface area contributed by atoms with Crippen LogP contribution in [-0.2, 0) is 9.53 Å². The number of benzene rings is 1. The summed E-state index contributed by atoms with van der Waals surface area (Å²) in [6, 6.07) is 5.02. The van der Waals surface area contributed by atoms with E-state index in [1.54, 1.807) is 18.2 Å². The van der Waals surface area contributed by atoms with Gasteiger partial charge in [0.1, 0.15) is 5.75 Å². The molecule has 0 aliphatic heterocycles. The quantitative estimate of drug-likeness (QED) is 0.808. The molecule has 0 radical (unpaired) electrons. The van der Waals surface area contributed by atoms with Gasteiger partial charge in [-0.05, 0) is 30.5 Å². The van der Waals surface area contributed by atoms with Gasteiger partial charge in [-0.3, -0.25) is 4.79 Å². The van der Waals surface area contributed by atoms with Gasteiger partial charge in [-0.2, -0.15) is 0 Å². The van der Waals surface area contributed by atoms with Gasteiger partial charge in [0.05, 0.1) is 12.7 Å². The van der Waals surface area contributed by atoms with Gasteiger partial charge in [0.2, 0.25) is 0 Å². The number of nitrogens with one attached hydrogen (secondary N) is 1. The maximum absolute atomic E-state index is 11.8. The number of ether oxygens (including phenoxy) is 2. The number of methoxy groups -OCH3 is 1. The minimum absolute atomic E-state index is 0.276. The number of aryl methyl sites for hydroxylation is 1. The van der Waals surface area contributed by atoms with Crippen LogP contribution in [0.15, 0.2) is 18.2 Å². The lowest BCUT2D eigenvalue weighted by molar-refractivity contribution is -0.124. The van der Waals surface area contributed by atoms with Gasteiger partial charge in [-0.25, -0.2) is 4.79 Å². The van der Waals surface area contributed by atoms with E-state index in [9.17, 15) is 9.59 Å². The number of esters is 1. The summed E-state index contributed by atoms with van der Waals surface area (Å²) in [6.45, 7) is 6.15. The van der Waals surface area contributed by atoms with Gasteiger partial charge < -0.3 is 14.8 Å². The van der Waals surface area contributed by atoms with E-state index >= 15 is 0 Å². The Morgan fingerprint density at radius 2 is 2.00 bits per heavy atom. The van der Waals surface area contributed by atoms with Crippen molar-refractivity contribution in [2.24, 2.45) is 5.92 Å². The third-order valence-corrected chi connectivity index (χ3v) is 2.69. The number of carbonyl (C=O) groups excluding carboxylic acids is 2. The van der Waals surface area contributed by atoms with Crippen molar-refractivity contribution in [3.8, 4) is 5.75 Å². The summed E-state index contributed by atoms with van der Waals surface area (Å²) in [7, 11) is 1.54. The molecule has 0 aliphatic rings. The molecule has 1 rings (SSSR count). The van der Waals surface area contributed by atoms with Crippen LogP contribution in [0.25, 0.3) is 0 Å². The van der Waals surface area contributed by atoms with E-state index in [-0.39, 0.29) is 12.5 Å². The first-order valence-corrected chi connectivity index (χ1v) is 6.52. The van der Waals surface area contributed by atoms with Crippen LogP contribution in [0.5, 0.6) is 5.75 Å². The summed E-state index contributed by atoms with van der Waals surface area (Å²) in [6.07, 6.45) is 0. The molecule has 0 saturated carbocycles. The highest BCUT2D eigenvalue weighted by Gasteiger charge is 2.12. The molecule has 0 bridgehead atoms. The van der Waals surface area contributed by atoms with Crippen molar-refractivity contribution in [1.82, 2.24) is 5.32 Å². The predicted octanol–water partition coefficient (Wildman–Crippen LogP) is 1.93. The molecule has 5 heteroatoms. The zero-order chi connectivity index (χ0) is 15.1. The summed E-state index contributed by atoms with van der Waals surface area (Å²) < 4.78 is 10.1. The highest BCUT2D eigenvalue weighted by atomic mass is 16.5. The van der Waals surface area contributed by atoms with Gasteiger partial charge >= 0.3 is 5.97 Å². The summed E-state index contributed by atoms with van der Waals surface area (Å²) in [4.78, 5) is 23.3. The van der Waals surface area contributed by atoms with E-state index in [1.165, 1.54) is 7.11 Å². The molecule has 1 amide bonds. The van der Waals surface area contributed by atoms with Crippen molar-refractivity contribution >= 4 is 11.9 Å². The van der Waals surface area contributed by atoms with Crippen molar-refractivity contribution in [3.05, 3.63) is 29.3 Å². The standard InChI is InChI=1S/C15H21NO4/c1-10(2)8-16-14(17)9-20-15(18)12-6-5-11(3)13(7-12)19-4/h5-7,10H,8-9H2,1-4H3,(H,16,17). The van der Waals surface area contributed by atoms with E-state index in [4.69, 9.17) is 9.47 Å². The lowest BCUT2D eigenvalue weighted by Gasteiger charge is -2.09. The first-order chi connectivity index (χ1) is 9.43.